The number of nitriles is 1. The van der Waals surface area contributed by atoms with Gasteiger partial charge in [0.25, 0.3) is 5.91 Å². The first-order valence-electron chi connectivity index (χ1n) is 12.9. The van der Waals surface area contributed by atoms with Crippen LogP contribution in [0.15, 0.2) is 59.7 Å². The number of benzene rings is 2. The van der Waals surface area contributed by atoms with E-state index in [4.69, 9.17) is 27.7 Å². The van der Waals surface area contributed by atoms with Gasteiger partial charge in [0.2, 0.25) is 0 Å². The lowest BCUT2D eigenvalue weighted by molar-refractivity contribution is 0.0532. The average Bonchev–Trinajstić information content (AvgIpc) is 3.50. The van der Waals surface area contributed by atoms with Crippen LogP contribution in [-0.4, -0.2) is 68.6 Å². The highest BCUT2D eigenvalue weighted by atomic mass is 35.5. The van der Waals surface area contributed by atoms with E-state index in [0.717, 1.165) is 24.0 Å². The number of amides is 1. The van der Waals surface area contributed by atoms with E-state index in [1.165, 1.54) is 0 Å². The molecule has 2 aliphatic rings. The van der Waals surface area contributed by atoms with Crippen LogP contribution in [0.1, 0.15) is 39.6 Å². The molecule has 2 aromatic heterocycles. The molecule has 0 saturated carbocycles. The summed E-state index contributed by atoms with van der Waals surface area (Å²) >= 11 is 6.20. The van der Waals surface area contributed by atoms with Crippen molar-refractivity contribution in [2.75, 3.05) is 20.1 Å². The number of nitrogens with one attached hydrogen (secondary N) is 1. The molecule has 6 rings (SSSR count). The van der Waals surface area contributed by atoms with Gasteiger partial charge in [-0.15, -0.1) is 0 Å². The molecule has 2 aromatic carbocycles. The molecule has 4 heterocycles. The molecule has 1 saturated heterocycles. The molecule has 0 radical (unpaired) electrons. The van der Waals surface area contributed by atoms with Crippen LogP contribution in [0.5, 0.6) is 0 Å². The number of fused-ring (bicyclic) bond motifs is 2. The van der Waals surface area contributed by atoms with Gasteiger partial charge in [-0.3, -0.25) is 15.2 Å². The second-order valence-corrected chi connectivity index (χ2v) is 10.6. The quantitative estimate of drug-likeness (QED) is 0.285. The standard InChI is InChI=1S/C29H26ClN9O/c1-37-14-20(38-13-18-6-7-19(30)8-23(18)29(38)40)9-21(15-37)39-26-10-24(27(33)35-16-32)34-12-25(26)36-28(39)22-5-3-2-4-17(22)11-31/h2-8,10,12,16,20-21H,9,13-15H2,1H3,(H3,32,33,35). The van der Waals surface area contributed by atoms with Gasteiger partial charge in [-0.25, -0.2) is 9.98 Å². The zero-order valence-electron chi connectivity index (χ0n) is 21.8. The Kier molecular flexibility index (Phi) is 6.54. The van der Waals surface area contributed by atoms with Crippen molar-refractivity contribution in [3.8, 4) is 17.5 Å². The highest BCUT2D eigenvalue weighted by Crippen LogP contribution is 2.37. The molecule has 0 spiro atoms. The van der Waals surface area contributed by atoms with Crippen LogP contribution in [0, 0.1) is 16.7 Å². The Labute approximate surface area is 235 Å². The molecule has 40 heavy (non-hydrogen) atoms. The number of likely N-dealkylation sites (tertiary alicyclic amines) is 1. The van der Waals surface area contributed by atoms with E-state index in [2.05, 4.69) is 25.5 Å². The van der Waals surface area contributed by atoms with Crippen molar-refractivity contribution >= 4 is 40.7 Å². The Hall–Kier alpha value is -4.59. The van der Waals surface area contributed by atoms with Gasteiger partial charge in [0.05, 0.1) is 29.4 Å². The van der Waals surface area contributed by atoms with Crippen molar-refractivity contribution in [1.29, 1.82) is 10.7 Å². The maximum absolute atomic E-state index is 13.5. The molecule has 2 aliphatic heterocycles. The number of aliphatic imine (C=N–C) groups is 1. The van der Waals surface area contributed by atoms with E-state index in [9.17, 15) is 10.1 Å². The number of amidine groups is 1. The minimum absolute atomic E-state index is 0.01000. The maximum Gasteiger partial charge on any atom is 0.254 e. The summed E-state index contributed by atoms with van der Waals surface area (Å²) in [6.07, 6.45) is 3.21. The Balaban J connectivity index is 1.47. The number of aromatic nitrogens is 3. The number of carbonyl (C=O) groups excluding carboxylic acids is 1. The number of nitrogens with two attached hydrogens (primary N) is 1. The van der Waals surface area contributed by atoms with Gasteiger partial charge >= 0.3 is 0 Å². The van der Waals surface area contributed by atoms with Crippen LogP contribution in [0.4, 0.5) is 0 Å². The van der Waals surface area contributed by atoms with Crippen molar-refractivity contribution in [2.45, 2.75) is 25.0 Å². The molecule has 4 aromatic rings. The molecule has 2 atom stereocenters. The lowest BCUT2D eigenvalue weighted by atomic mass is 9.98. The van der Waals surface area contributed by atoms with Crippen molar-refractivity contribution in [1.82, 2.24) is 24.3 Å². The summed E-state index contributed by atoms with van der Waals surface area (Å²) in [5, 5.41) is 17.7. The highest BCUT2D eigenvalue weighted by Gasteiger charge is 2.38. The number of nitrogens with zero attached hydrogens (tertiary/aromatic N) is 7. The number of halogens is 1. The normalized spacial score (nSPS) is 19.6. The third-order valence-corrected chi connectivity index (χ3v) is 7.86. The number of rotatable bonds is 5. The van der Waals surface area contributed by atoms with Crippen LogP contribution < -0.4 is 5.73 Å². The van der Waals surface area contributed by atoms with E-state index >= 15 is 0 Å². The van der Waals surface area contributed by atoms with E-state index in [1.807, 2.05) is 48.3 Å². The number of imidazole rings is 1. The Morgan fingerprint density at radius 2 is 2.00 bits per heavy atom. The molecular formula is C29H26ClN9O. The molecule has 1 amide bonds. The lowest BCUT2D eigenvalue weighted by Gasteiger charge is -2.41. The van der Waals surface area contributed by atoms with Crippen LogP contribution >= 0.6 is 11.6 Å². The number of likely N-dealkylation sites (N-methyl/N-ethyl adjacent to an activating group) is 1. The van der Waals surface area contributed by atoms with Gasteiger partial charge in [0.1, 0.15) is 23.4 Å². The van der Waals surface area contributed by atoms with Gasteiger partial charge in [-0.2, -0.15) is 5.26 Å². The molecule has 2 unspecified atom stereocenters. The summed E-state index contributed by atoms with van der Waals surface area (Å²) in [5.41, 5.74) is 10.8. The van der Waals surface area contributed by atoms with Crippen LogP contribution in [0.25, 0.3) is 22.4 Å². The number of hydrogen-bond donors (Lipinski definition) is 2. The largest absolute Gasteiger partial charge is 0.382 e. The summed E-state index contributed by atoms with van der Waals surface area (Å²) in [7, 11) is 2.05. The second kappa shape index (κ2) is 10.2. The van der Waals surface area contributed by atoms with E-state index in [1.54, 1.807) is 18.3 Å². The van der Waals surface area contributed by atoms with Crippen molar-refractivity contribution in [3.63, 3.8) is 0 Å². The fraction of sp³-hybridized carbons (Fsp3) is 0.241. The zero-order valence-corrected chi connectivity index (χ0v) is 22.5. The third-order valence-electron chi connectivity index (χ3n) is 7.63. The topological polar surface area (TPSA) is 140 Å². The summed E-state index contributed by atoms with van der Waals surface area (Å²) in [5.74, 6) is 0.765. The Morgan fingerprint density at radius 1 is 1.20 bits per heavy atom. The van der Waals surface area contributed by atoms with Gasteiger partial charge in [0.15, 0.2) is 5.84 Å². The predicted molar refractivity (Wildman–Crippen MR) is 153 cm³/mol. The molecule has 0 bridgehead atoms. The van der Waals surface area contributed by atoms with Crippen molar-refractivity contribution in [2.24, 2.45) is 10.7 Å². The average molecular weight is 552 g/mol. The van der Waals surface area contributed by atoms with Gasteiger partial charge in [0, 0.05) is 41.8 Å². The summed E-state index contributed by atoms with van der Waals surface area (Å²) in [4.78, 5) is 30.8. The summed E-state index contributed by atoms with van der Waals surface area (Å²) in [6.45, 7) is 1.98. The first kappa shape index (κ1) is 25.7. The van der Waals surface area contributed by atoms with Gasteiger partial charge in [-0.05, 0) is 49.4 Å². The van der Waals surface area contributed by atoms with Crippen LogP contribution in [0.2, 0.25) is 5.02 Å². The molecule has 1 fully saturated rings. The minimum Gasteiger partial charge on any atom is -0.382 e. The second-order valence-electron chi connectivity index (χ2n) is 10.2. The lowest BCUT2D eigenvalue weighted by Crippen LogP contribution is -2.50. The number of carbonyl (C=O) groups is 1. The van der Waals surface area contributed by atoms with Gasteiger partial charge < -0.3 is 20.1 Å². The van der Waals surface area contributed by atoms with E-state index < -0.39 is 0 Å². The Bertz CT molecular complexity index is 1740. The van der Waals surface area contributed by atoms with Crippen molar-refractivity contribution in [3.05, 3.63) is 82.1 Å². The fourth-order valence-corrected chi connectivity index (χ4v) is 6.04. The van der Waals surface area contributed by atoms with Crippen LogP contribution in [-0.2, 0) is 6.54 Å². The maximum atomic E-state index is 13.5. The van der Waals surface area contributed by atoms with E-state index in [-0.39, 0.29) is 23.8 Å². The zero-order chi connectivity index (χ0) is 28.0. The third kappa shape index (κ3) is 4.39. The fourth-order valence-electron chi connectivity index (χ4n) is 5.87. The first-order chi connectivity index (χ1) is 19.4. The Morgan fingerprint density at radius 3 is 2.80 bits per heavy atom. The number of piperidine rings is 1. The number of hydrogen-bond acceptors (Lipinski definition) is 6. The summed E-state index contributed by atoms with van der Waals surface area (Å²) < 4.78 is 2.14. The SMILES string of the molecule is CN1CC(N2Cc3ccc(Cl)cc3C2=O)CC(n2c(-c3ccccc3C#N)nc3cnc(C(N)=NC=N)cc32)C1. The van der Waals surface area contributed by atoms with Crippen molar-refractivity contribution < 1.29 is 4.79 Å². The van der Waals surface area contributed by atoms with E-state index in [0.29, 0.717) is 58.3 Å². The van der Waals surface area contributed by atoms with Crippen LogP contribution in [0.3, 0.4) is 0 Å². The summed E-state index contributed by atoms with van der Waals surface area (Å²) in [6, 6.07) is 16.9. The monoisotopic (exact) mass is 551 g/mol. The predicted octanol–water partition coefficient (Wildman–Crippen LogP) is 3.84. The molecule has 10 nitrogen and oxygen atoms in total. The van der Waals surface area contributed by atoms with Gasteiger partial charge in [-0.1, -0.05) is 29.8 Å². The highest BCUT2D eigenvalue weighted by molar-refractivity contribution is 6.31. The molecule has 3 N–H and O–H groups in total. The minimum atomic E-state index is -0.0771. The molecular weight excluding hydrogens is 526 g/mol. The smallest absolute Gasteiger partial charge is 0.254 e. The molecule has 11 heteroatoms. The number of pyridine rings is 1. The first-order valence-corrected chi connectivity index (χ1v) is 13.2. The molecule has 200 valence electrons. The molecule has 0 aliphatic carbocycles.